The van der Waals surface area contributed by atoms with Gasteiger partial charge in [-0.1, -0.05) is 0 Å². The maximum absolute atomic E-state index is 12.3. The zero-order valence-corrected chi connectivity index (χ0v) is 10.1. The lowest BCUT2D eigenvalue weighted by molar-refractivity contribution is 0.0616. The molecule has 92 valence electrons. The quantitative estimate of drug-likeness (QED) is 0.730. The Hall–Kier alpha value is -1.62. The van der Waals surface area contributed by atoms with Gasteiger partial charge in [0, 0.05) is 43.0 Å². The van der Waals surface area contributed by atoms with Gasteiger partial charge in [0.1, 0.15) is 0 Å². The molecule has 1 amide bonds. The van der Waals surface area contributed by atoms with Crippen LogP contribution in [0, 0.1) is 0 Å². The Bertz CT molecular complexity index is 469. The highest BCUT2D eigenvalue weighted by Crippen LogP contribution is 2.11. The Balaban J connectivity index is 2.21. The molecule has 1 aromatic heterocycles. The van der Waals surface area contributed by atoms with E-state index in [1.54, 1.807) is 6.07 Å². The van der Waals surface area contributed by atoms with Crippen molar-refractivity contribution in [1.82, 2.24) is 15.2 Å². The van der Waals surface area contributed by atoms with Crippen LogP contribution in [0.4, 0.5) is 0 Å². The molecule has 5 heteroatoms. The van der Waals surface area contributed by atoms with Crippen LogP contribution >= 0.6 is 0 Å². The van der Waals surface area contributed by atoms with E-state index >= 15 is 0 Å². The van der Waals surface area contributed by atoms with Crippen LogP contribution in [0.25, 0.3) is 0 Å². The van der Waals surface area contributed by atoms with Crippen LogP contribution in [0.1, 0.15) is 24.2 Å². The third-order valence-electron chi connectivity index (χ3n) is 3.05. The molecule has 0 saturated carbocycles. The predicted molar refractivity (Wildman–Crippen MR) is 65.0 cm³/mol. The van der Waals surface area contributed by atoms with Gasteiger partial charge in [0.25, 0.3) is 5.91 Å². The molecule has 17 heavy (non-hydrogen) atoms. The van der Waals surface area contributed by atoms with Crippen LogP contribution in [0.5, 0.6) is 0 Å². The Kier molecular flexibility index (Phi) is 3.28. The number of hydrogen-bond donors (Lipinski definition) is 2. The van der Waals surface area contributed by atoms with Gasteiger partial charge < -0.3 is 15.2 Å². The molecule has 1 fully saturated rings. The Morgan fingerprint density at radius 3 is 2.94 bits per heavy atom. The number of hydrogen-bond acceptors (Lipinski definition) is 3. The Morgan fingerprint density at radius 1 is 1.47 bits per heavy atom. The van der Waals surface area contributed by atoms with Crippen LogP contribution in [0.15, 0.2) is 23.1 Å². The van der Waals surface area contributed by atoms with E-state index in [9.17, 15) is 9.59 Å². The van der Waals surface area contributed by atoms with E-state index in [2.05, 4.69) is 10.3 Å². The zero-order chi connectivity index (χ0) is 12.4. The van der Waals surface area contributed by atoms with Gasteiger partial charge in [0.05, 0.1) is 0 Å². The van der Waals surface area contributed by atoms with E-state index in [1.807, 2.05) is 18.7 Å². The van der Waals surface area contributed by atoms with E-state index in [4.69, 9.17) is 0 Å². The summed E-state index contributed by atoms with van der Waals surface area (Å²) in [6, 6.07) is 3.43. The highest BCUT2D eigenvalue weighted by molar-refractivity contribution is 5.94. The molecule has 0 bridgehead atoms. The second kappa shape index (κ2) is 4.71. The fourth-order valence-electron chi connectivity index (χ4n) is 2.05. The number of H-pyrrole nitrogens is 1. The number of pyridine rings is 1. The molecule has 1 aromatic rings. The zero-order valence-electron chi connectivity index (χ0n) is 10.1. The molecule has 2 N–H and O–H groups in total. The number of carbonyl (C=O) groups excluding carboxylic acids is 1. The van der Waals surface area contributed by atoms with E-state index in [1.165, 1.54) is 12.3 Å². The van der Waals surface area contributed by atoms with Crippen molar-refractivity contribution in [3.63, 3.8) is 0 Å². The SMILES string of the molecule is CC1CN(C(=O)c2cc[nH]c(=O)c2)C(C)CN1. The molecular weight excluding hydrogens is 218 g/mol. The molecule has 0 radical (unpaired) electrons. The summed E-state index contributed by atoms with van der Waals surface area (Å²) in [7, 11) is 0. The number of carbonyl (C=O) groups is 1. The molecule has 0 aromatic carbocycles. The maximum atomic E-state index is 12.3. The molecule has 1 aliphatic rings. The van der Waals surface area contributed by atoms with Crippen molar-refractivity contribution in [2.75, 3.05) is 13.1 Å². The van der Waals surface area contributed by atoms with Gasteiger partial charge in [-0.25, -0.2) is 0 Å². The van der Waals surface area contributed by atoms with Gasteiger partial charge in [0.15, 0.2) is 0 Å². The molecule has 2 unspecified atom stereocenters. The van der Waals surface area contributed by atoms with E-state index in [0.717, 1.165) is 6.54 Å². The van der Waals surface area contributed by atoms with Crippen molar-refractivity contribution in [2.45, 2.75) is 25.9 Å². The standard InChI is InChI=1S/C12H17N3O2/c1-8-7-15(9(2)6-14-8)12(17)10-3-4-13-11(16)5-10/h3-5,8-9,14H,6-7H2,1-2H3,(H,13,16). The van der Waals surface area contributed by atoms with Crippen molar-refractivity contribution in [3.8, 4) is 0 Å². The van der Waals surface area contributed by atoms with Crippen molar-refractivity contribution in [3.05, 3.63) is 34.2 Å². The van der Waals surface area contributed by atoms with Crippen LogP contribution in [-0.2, 0) is 0 Å². The smallest absolute Gasteiger partial charge is 0.254 e. The molecule has 5 nitrogen and oxygen atoms in total. The highest BCUT2D eigenvalue weighted by atomic mass is 16.2. The van der Waals surface area contributed by atoms with Gasteiger partial charge in [-0.2, -0.15) is 0 Å². The normalized spacial score (nSPS) is 24.7. The third kappa shape index (κ3) is 2.55. The van der Waals surface area contributed by atoms with Crippen molar-refractivity contribution in [1.29, 1.82) is 0 Å². The van der Waals surface area contributed by atoms with E-state index < -0.39 is 0 Å². The van der Waals surface area contributed by atoms with Crippen molar-refractivity contribution >= 4 is 5.91 Å². The number of aromatic amines is 1. The molecule has 1 saturated heterocycles. The summed E-state index contributed by atoms with van der Waals surface area (Å²) in [5.74, 6) is -0.0723. The number of nitrogens with one attached hydrogen (secondary N) is 2. The summed E-state index contributed by atoms with van der Waals surface area (Å²) >= 11 is 0. The first-order chi connectivity index (χ1) is 8.08. The summed E-state index contributed by atoms with van der Waals surface area (Å²) in [5, 5.41) is 3.32. The van der Waals surface area contributed by atoms with Crippen LogP contribution in [0.2, 0.25) is 0 Å². The van der Waals surface area contributed by atoms with Crippen LogP contribution in [0.3, 0.4) is 0 Å². The summed E-state index contributed by atoms with van der Waals surface area (Å²) in [4.78, 5) is 27.8. The molecule has 1 aliphatic heterocycles. The largest absolute Gasteiger partial charge is 0.333 e. The summed E-state index contributed by atoms with van der Waals surface area (Å²) < 4.78 is 0. The predicted octanol–water partition coefficient (Wildman–Crippen LogP) is 0.197. The van der Waals surface area contributed by atoms with Crippen LogP contribution in [-0.4, -0.2) is 41.0 Å². The molecule has 0 aliphatic carbocycles. The topological polar surface area (TPSA) is 65.2 Å². The first-order valence-electron chi connectivity index (χ1n) is 5.81. The number of amides is 1. The first kappa shape index (κ1) is 11.9. The maximum Gasteiger partial charge on any atom is 0.254 e. The summed E-state index contributed by atoms with van der Waals surface area (Å²) in [6.45, 7) is 5.51. The number of nitrogens with zero attached hydrogens (tertiary/aromatic N) is 1. The van der Waals surface area contributed by atoms with Crippen LogP contribution < -0.4 is 10.9 Å². The lowest BCUT2D eigenvalue weighted by Gasteiger charge is -2.37. The van der Waals surface area contributed by atoms with Gasteiger partial charge in [0.2, 0.25) is 5.56 Å². The lowest BCUT2D eigenvalue weighted by atomic mass is 10.1. The minimum Gasteiger partial charge on any atom is -0.333 e. The van der Waals surface area contributed by atoms with Gasteiger partial charge in [-0.15, -0.1) is 0 Å². The second-order valence-corrected chi connectivity index (χ2v) is 4.56. The number of rotatable bonds is 1. The molecular formula is C12H17N3O2. The minimum atomic E-state index is -0.244. The van der Waals surface area contributed by atoms with E-state index in [0.29, 0.717) is 12.1 Å². The van der Waals surface area contributed by atoms with Crippen molar-refractivity contribution < 1.29 is 4.79 Å². The fraction of sp³-hybridized carbons (Fsp3) is 0.500. The number of aromatic nitrogens is 1. The monoisotopic (exact) mass is 235 g/mol. The van der Waals surface area contributed by atoms with Gasteiger partial charge in [-0.3, -0.25) is 9.59 Å². The Morgan fingerprint density at radius 2 is 2.24 bits per heavy atom. The average molecular weight is 235 g/mol. The molecule has 2 rings (SSSR count). The van der Waals surface area contributed by atoms with Gasteiger partial charge in [-0.05, 0) is 19.9 Å². The summed E-state index contributed by atoms with van der Waals surface area (Å²) in [6.07, 6.45) is 1.51. The Labute approximate surface area is 99.8 Å². The van der Waals surface area contributed by atoms with E-state index in [-0.39, 0.29) is 23.6 Å². The minimum absolute atomic E-state index is 0.0723. The van der Waals surface area contributed by atoms with Gasteiger partial charge >= 0.3 is 0 Å². The third-order valence-corrected chi connectivity index (χ3v) is 3.05. The molecule has 2 atom stereocenters. The average Bonchev–Trinajstić information content (AvgIpc) is 2.31. The molecule has 0 spiro atoms. The van der Waals surface area contributed by atoms with Crippen molar-refractivity contribution in [2.24, 2.45) is 0 Å². The fourth-order valence-corrected chi connectivity index (χ4v) is 2.05. The highest BCUT2D eigenvalue weighted by Gasteiger charge is 2.27. The number of piperazine rings is 1. The first-order valence-corrected chi connectivity index (χ1v) is 5.81. The second-order valence-electron chi connectivity index (χ2n) is 4.56. The molecule has 2 heterocycles. The lowest BCUT2D eigenvalue weighted by Crippen LogP contribution is -2.56. The summed E-state index contributed by atoms with van der Waals surface area (Å²) in [5.41, 5.74) is 0.210.